The van der Waals surface area contributed by atoms with Crippen molar-refractivity contribution < 1.29 is 14.7 Å². The van der Waals surface area contributed by atoms with E-state index < -0.39 is 11.9 Å². The van der Waals surface area contributed by atoms with E-state index in [0.29, 0.717) is 13.1 Å². The second kappa shape index (κ2) is 7.97. The third-order valence-electron chi connectivity index (χ3n) is 6.74. The SMILES string of the molecule is O=C(O)[C@@H]1CN(C(=O)C2CCN(C3CCCC3)CC2)C[C@H]1c1ccccn1. The van der Waals surface area contributed by atoms with Gasteiger partial charge in [-0.05, 0) is 50.9 Å². The highest BCUT2D eigenvalue weighted by Crippen LogP contribution is 2.34. The number of hydrogen-bond acceptors (Lipinski definition) is 4. The van der Waals surface area contributed by atoms with Gasteiger partial charge >= 0.3 is 5.97 Å². The summed E-state index contributed by atoms with van der Waals surface area (Å²) in [6.07, 6.45) is 8.77. The van der Waals surface area contributed by atoms with Crippen LogP contribution >= 0.6 is 0 Å². The fourth-order valence-electron chi connectivity index (χ4n) is 5.17. The molecule has 6 heteroatoms. The molecule has 0 aromatic carbocycles. The summed E-state index contributed by atoms with van der Waals surface area (Å²) in [5.74, 6) is -1.43. The Morgan fingerprint density at radius 3 is 2.41 bits per heavy atom. The molecule has 1 aromatic heterocycles. The van der Waals surface area contributed by atoms with Crippen LogP contribution in [0.4, 0.5) is 0 Å². The molecule has 4 rings (SSSR count). The Balaban J connectivity index is 1.38. The molecule has 0 bridgehead atoms. The normalized spacial score (nSPS) is 27.9. The molecule has 3 fully saturated rings. The summed E-state index contributed by atoms with van der Waals surface area (Å²) >= 11 is 0. The topological polar surface area (TPSA) is 73.7 Å². The van der Waals surface area contributed by atoms with Crippen LogP contribution in [-0.2, 0) is 9.59 Å². The van der Waals surface area contributed by atoms with Gasteiger partial charge in [-0.3, -0.25) is 14.6 Å². The van der Waals surface area contributed by atoms with Crippen molar-refractivity contribution in [2.75, 3.05) is 26.2 Å². The van der Waals surface area contributed by atoms with Gasteiger partial charge in [0.2, 0.25) is 5.91 Å². The van der Waals surface area contributed by atoms with Crippen LogP contribution in [0.15, 0.2) is 24.4 Å². The number of piperidine rings is 1. The van der Waals surface area contributed by atoms with Crippen LogP contribution in [0, 0.1) is 11.8 Å². The zero-order valence-electron chi connectivity index (χ0n) is 15.8. The van der Waals surface area contributed by atoms with E-state index in [2.05, 4.69) is 9.88 Å². The third kappa shape index (κ3) is 3.86. The van der Waals surface area contributed by atoms with Gasteiger partial charge in [-0.1, -0.05) is 18.9 Å². The molecule has 2 atom stereocenters. The minimum absolute atomic E-state index is 0.0413. The van der Waals surface area contributed by atoms with Crippen LogP contribution < -0.4 is 0 Å². The molecule has 1 saturated carbocycles. The maximum Gasteiger partial charge on any atom is 0.309 e. The first kappa shape index (κ1) is 18.4. The average Bonchev–Trinajstić information content (AvgIpc) is 3.38. The van der Waals surface area contributed by atoms with Crippen molar-refractivity contribution in [2.45, 2.75) is 50.5 Å². The minimum Gasteiger partial charge on any atom is -0.481 e. The van der Waals surface area contributed by atoms with Crippen LogP contribution in [0.2, 0.25) is 0 Å². The Morgan fingerprint density at radius 2 is 1.78 bits per heavy atom. The fraction of sp³-hybridized carbons (Fsp3) is 0.667. The summed E-state index contributed by atoms with van der Waals surface area (Å²) in [5.41, 5.74) is 0.774. The van der Waals surface area contributed by atoms with Gasteiger partial charge in [-0.25, -0.2) is 0 Å². The number of aliphatic carboxylic acids is 1. The maximum absolute atomic E-state index is 13.1. The number of likely N-dealkylation sites (tertiary alicyclic amines) is 2. The van der Waals surface area contributed by atoms with Gasteiger partial charge in [0, 0.05) is 42.9 Å². The van der Waals surface area contributed by atoms with Crippen molar-refractivity contribution in [3.63, 3.8) is 0 Å². The van der Waals surface area contributed by atoms with Crippen LogP contribution in [-0.4, -0.2) is 64.0 Å². The van der Waals surface area contributed by atoms with Crippen LogP contribution in [0.5, 0.6) is 0 Å². The van der Waals surface area contributed by atoms with Crippen molar-refractivity contribution in [2.24, 2.45) is 11.8 Å². The second-order valence-corrected chi connectivity index (χ2v) is 8.30. The lowest BCUT2D eigenvalue weighted by atomic mass is 9.93. The molecular weight excluding hydrogens is 342 g/mol. The number of pyridine rings is 1. The Kier molecular flexibility index (Phi) is 5.43. The highest BCUT2D eigenvalue weighted by atomic mass is 16.4. The lowest BCUT2D eigenvalue weighted by Gasteiger charge is -2.36. The Hall–Kier alpha value is -1.95. The smallest absolute Gasteiger partial charge is 0.309 e. The van der Waals surface area contributed by atoms with Crippen molar-refractivity contribution in [1.82, 2.24) is 14.8 Å². The first-order valence-corrected chi connectivity index (χ1v) is 10.3. The number of carboxylic acid groups (broad SMARTS) is 1. The van der Waals surface area contributed by atoms with Crippen molar-refractivity contribution >= 4 is 11.9 Å². The maximum atomic E-state index is 13.1. The molecule has 2 saturated heterocycles. The monoisotopic (exact) mass is 371 g/mol. The minimum atomic E-state index is -0.836. The average molecular weight is 371 g/mol. The van der Waals surface area contributed by atoms with Crippen molar-refractivity contribution in [3.8, 4) is 0 Å². The number of nitrogens with zero attached hydrogens (tertiary/aromatic N) is 3. The van der Waals surface area contributed by atoms with Gasteiger partial charge in [-0.2, -0.15) is 0 Å². The van der Waals surface area contributed by atoms with Gasteiger partial charge in [0.05, 0.1) is 5.92 Å². The van der Waals surface area contributed by atoms with Gasteiger partial charge in [0.15, 0.2) is 0 Å². The predicted molar refractivity (Wildman–Crippen MR) is 101 cm³/mol. The van der Waals surface area contributed by atoms with Gasteiger partial charge in [-0.15, -0.1) is 0 Å². The molecule has 3 aliphatic rings. The summed E-state index contributed by atoms with van der Waals surface area (Å²) in [7, 11) is 0. The zero-order chi connectivity index (χ0) is 18.8. The summed E-state index contributed by atoms with van der Waals surface area (Å²) < 4.78 is 0. The van der Waals surface area contributed by atoms with Crippen LogP contribution in [0.25, 0.3) is 0 Å². The Morgan fingerprint density at radius 1 is 1.04 bits per heavy atom. The first-order valence-electron chi connectivity index (χ1n) is 10.3. The van der Waals surface area contributed by atoms with Crippen molar-refractivity contribution in [3.05, 3.63) is 30.1 Å². The van der Waals surface area contributed by atoms with E-state index in [0.717, 1.165) is 37.7 Å². The number of carbonyl (C=O) groups is 2. The quantitative estimate of drug-likeness (QED) is 0.880. The van der Waals surface area contributed by atoms with E-state index in [4.69, 9.17) is 0 Å². The summed E-state index contributed by atoms with van der Waals surface area (Å²) in [6.45, 7) is 2.77. The summed E-state index contributed by atoms with van der Waals surface area (Å²) in [6, 6.07) is 6.30. The van der Waals surface area contributed by atoms with E-state index in [1.54, 1.807) is 11.1 Å². The molecule has 0 unspecified atom stereocenters. The molecule has 1 amide bonds. The molecule has 2 aliphatic heterocycles. The molecule has 27 heavy (non-hydrogen) atoms. The molecule has 146 valence electrons. The van der Waals surface area contributed by atoms with E-state index in [-0.39, 0.29) is 17.7 Å². The highest BCUT2D eigenvalue weighted by Gasteiger charge is 2.43. The molecule has 1 aliphatic carbocycles. The number of aromatic nitrogens is 1. The molecule has 0 spiro atoms. The van der Waals surface area contributed by atoms with E-state index >= 15 is 0 Å². The second-order valence-electron chi connectivity index (χ2n) is 8.30. The largest absolute Gasteiger partial charge is 0.481 e. The number of carbonyl (C=O) groups excluding carboxylic acids is 1. The molecule has 1 N–H and O–H groups in total. The molecule has 6 nitrogen and oxygen atoms in total. The molecule has 0 radical (unpaired) electrons. The van der Waals surface area contributed by atoms with Gasteiger partial charge < -0.3 is 14.9 Å². The van der Waals surface area contributed by atoms with E-state index in [9.17, 15) is 14.7 Å². The number of carboxylic acids is 1. The first-order chi connectivity index (χ1) is 13.1. The number of rotatable bonds is 4. The number of hydrogen-bond donors (Lipinski definition) is 1. The molecule has 1 aromatic rings. The lowest BCUT2D eigenvalue weighted by molar-refractivity contribution is -0.142. The highest BCUT2D eigenvalue weighted by molar-refractivity contribution is 5.81. The Labute approximate surface area is 160 Å². The zero-order valence-corrected chi connectivity index (χ0v) is 15.8. The van der Waals surface area contributed by atoms with Crippen molar-refractivity contribution in [1.29, 1.82) is 0 Å². The van der Waals surface area contributed by atoms with Crippen LogP contribution in [0.1, 0.15) is 50.1 Å². The lowest BCUT2D eigenvalue weighted by Crippen LogP contribution is -2.45. The standard InChI is InChI=1S/C21H29N3O3/c25-20(15-8-11-23(12-9-15)16-5-1-2-6-16)24-13-17(18(14-24)21(26)27)19-7-3-4-10-22-19/h3-4,7,10,15-18H,1-2,5-6,8-9,11-14H2,(H,26,27)/t17-,18-/m1/s1. The molecular formula is C21H29N3O3. The summed E-state index contributed by atoms with van der Waals surface area (Å²) in [5, 5.41) is 9.64. The molecule has 3 heterocycles. The Bertz CT molecular complexity index is 667. The number of amides is 1. The van der Waals surface area contributed by atoms with Gasteiger partial charge in [0.25, 0.3) is 0 Å². The fourth-order valence-corrected chi connectivity index (χ4v) is 5.17. The predicted octanol–water partition coefficient (Wildman–Crippen LogP) is 2.36. The summed E-state index contributed by atoms with van der Waals surface area (Å²) in [4.78, 5) is 33.5. The third-order valence-corrected chi connectivity index (χ3v) is 6.74. The van der Waals surface area contributed by atoms with E-state index in [1.165, 1.54) is 25.7 Å². The van der Waals surface area contributed by atoms with Crippen LogP contribution in [0.3, 0.4) is 0 Å². The van der Waals surface area contributed by atoms with Gasteiger partial charge in [0.1, 0.15) is 0 Å². The van der Waals surface area contributed by atoms with E-state index in [1.807, 2.05) is 18.2 Å².